The van der Waals surface area contributed by atoms with Gasteiger partial charge < -0.3 is 14.5 Å². The van der Waals surface area contributed by atoms with Crippen LogP contribution in [0.15, 0.2) is 28.8 Å². The summed E-state index contributed by atoms with van der Waals surface area (Å²) in [5.41, 5.74) is 1.25. The summed E-state index contributed by atoms with van der Waals surface area (Å²) in [7, 11) is 0. The molecule has 1 saturated heterocycles. The summed E-state index contributed by atoms with van der Waals surface area (Å²) >= 11 is 0. The summed E-state index contributed by atoms with van der Waals surface area (Å²) in [5.74, 6) is -0.627. The minimum absolute atomic E-state index is 0.300. The zero-order valence-corrected chi connectivity index (χ0v) is 11.8. The fourth-order valence-corrected chi connectivity index (χ4v) is 2.51. The quantitative estimate of drug-likeness (QED) is 0.923. The van der Waals surface area contributed by atoms with E-state index in [1.807, 2.05) is 11.0 Å². The molecule has 112 valence electrons. The van der Waals surface area contributed by atoms with Gasteiger partial charge in [-0.05, 0) is 25.0 Å². The van der Waals surface area contributed by atoms with E-state index in [9.17, 15) is 4.79 Å². The molecule has 2 heterocycles. The molecule has 1 aromatic carbocycles. The standard InChI is InChI=1S/C15H14N4O3/c16-9-10-2-1-3-12(8-10)13-17-15(22-18-13)19-6-4-11(5-7-19)14(20)21/h1-3,8,11H,4-7H2,(H,20,21). The van der Waals surface area contributed by atoms with E-state index < -0.39 is 5.97 Å². The van der Waals surface area contributed by atoms with Crippen LogP contribution in [0.25, 0.3) is 11.4 Å². The van der Waals surface area contributed by atoms with Crippen molar-refractivity contribution in [3.63, 3.8) is 0 Å². The number of carboxylic acids is 1. The topological polar surface area (TPSA) is 103 Å². The Morgan fingerprint density at radius 2 is 2.18 bits per heavy atom. The number of benzene rings is 1. The molecule has 0 aliphatic carbocycles. The highest BCUT2D eigenvalue weighted by atomic mass is 16.5. The first-order valence-corrected chi connectivity index (χ1v) is 6.99. The zero-order chi connectivity index (χ0) is 15.5. The summed E-state index contributed by atoms with van der Waals surface area (Å²) in [4.78, 5) is 17.2. The maximum absolute atomic E-state index is 11.0. The van der Waals surface area contributed by atoms with Crippen molar-refractivity contribution in [2.24, 2.45) is 5.92 Å². The number of hydrogen-bond donors (Lipinski definition) is 1. The van der Waals surface area contributed by atoms with Gasteiger partial charge in [0.15, 0.2) is 0 Å². The van der Waals surface area contributed by atoms with Gasteiger partial charge in [-0.15, -0.1) is 0 Å². The predicted molar refractivity (Wildman–Crippen MR) is 77.0 cm³/mol. The van der Waals surface area contributed by atoms with E-state index in [4.69, 9.17) is 14.9 Å². The van der Waals surface area contributed by atoms with E-state index in [1.54, 1.807) is 18.2 Å². The van der Waals surface area contributed by atoms with Gasteiger partial charge in [-0.3, -0.25) is 4.79 Å². The second-order valence-corrected chi connectivity index (χ2v) is 5.19. The van der Waals surface area contributed by atoms with Gasteiger partial charge >= 0.3 is 12.0 Å². The van der Waals surface area contributed by atoms with Crippen molar-refractivity contribution in [3.8, 4) is 17.5 Å². The van der Waals surface area contributed by atoms with Gasteiger partial charge in [0.05, 0.1) is 17.6 Å². The van der Waals surface area contributed by atoms with E-state index in [-0.39, 0.29) is 5.92 Å². The van der Waals surface area contributed by atoms with E-state index in [2.05, 4.69) is 16.2 Å². The average molecular weight is 298 g/mol. The Morgan fingerprint density at radius 1 is 1.41 bits per heavy atom. The van der Waals surface area contributed by atoms with Crippen LogP contribution in [0.4, 0.5) is 6.01 Å². The van der Waals surface area contributed by atoms with Crippen molar-refractivity contribution in [2.45, 2.75) is 12.8 Å². The molecule has 0 bridgehead atoms. The molecule has 1 N–H and O–H groups in total. The van der Waals surface area contributed by atoms with E-state index in [0.29, 0.717) is 43.3 Å². The molecule has 0 amide bonds. The third kappa shape index (κ3) is 2.76. The molecular weight excluding hydrogens is 284 g/mol. The third-order valence-electron chi connectivity index (χ3n) is 3.78. The second kappa shape index (κ2) is 5.85. The molecule has 0 unspecified atom stereocenters. The number of hydrogen-bond acceptors (Lipinski definition) is 6. The number of nitrogens with zero attached hydrogens (tertiary/aromatic N) is 4. The van der Waals surface area contributed by atoms with Crippen molar-refractivity contribution < 1.29 is 14.4 Å². The first kappa shape index (κ1) is 14.1. The molecule has 1 aliphatic heterocycles. The Labute approximate surface area is 126 Å². The van der Waals surface area contributed by atoms with Crippen LogP contribution in [0.5, 0.6) is 0 Å². The minimum atomic E-state index is -0.751. The van der Waals surface area contributed by atoms with Gasteiger partial charge in [0.1, 0.15) is 0 Å². The highest BCUT2D eigenvalue weighted by Crippen LogP contribution is 2.25. The molecule has 0 spiro atoms. The first-order chi connectivity index (χ1) is 10.7. The number of aromatic nitrogens is 2. The van der Waals surface area contributed by atoms with Crippen molar-refractivity contribution >= 4 is 12.0 Å². The lowest BCUT2D eigenvalue weighted by molar-refractivity contribution is -0.142. The highest BCUT2D eigenvalue weighted by Gasteiger charge is 2.27. The van der Waals surface area contributed by atoms with Crippen LogP contribution in [-0.2, 0) is 4.79 Å². The van der Waals surface area contributed by atoms with E-state index in [1.165, 1.54) is 0 Å². The smallest absolute Gasteiger partial charge is 0.324 e. The Bertz CT molecular complexity index is 726. The molecule has 7 nitrogen and oxygen atoms in total. The maximum Gasteiger partial charge on any atom is 0.324 e. The van der Waals surface area contributed by atoms with Gasteiger partial charge in [-0.25, -0.2) is 0 Å². The lowest BCUT2D eigenvalue weighted by Gasteiger charge is -2.28. The van der Waals surface area contributed by atoms with Gasteiger partial charge in [0.2, 0.25) is 5.82 Å². The molecule has 3 rings (SSSR count). The largest absolute Gasteiger partial charge is 0.481 e. The fraction of sp³-hybridized carbons (Fsp3) is 0.333. The van der Waals surface area contributed by atoms with Crippen LogP contribution in [-0.4, -0.2) is 34.3 Å². The number of anilines is 1. The lowest BCUT2D eigenvalue weighted by Crippen LogP contribution is -2.36. The Balaban J connectivity index is 1.74. The number of carbonyl (C=O) groups is 1. The van der Waals surface area contributed by atoms with E-state index in [0.717, 1.165) is 5.56 Å². The summed E-state index contributed by atoms with van der Waals surface area (Å²) < 4.78 is 5.26. The monoisotopic (exact) mass is 298 g/mol. The molecule has 7 heteroatoms. The van der Waals surface area contributed by atoms with Gasteiger partial charge in [0, 0.05) is 18.7 Å². The molecule has 0 saturated carbocycles. The average Bonchev–Trinajstić information content (AvgIpc) is 3.05. The lowest BCUT2D eigenvalue weighted by atomic mass is 9.97. The van der Waals surface area contributed by atoms with Crippen LogP contribution in [0.3, 0.4) is 0 Å². The molecule has 1 aromatic heterocycles. The molecular formula is C15H14N4O3. The summed E-state index contributed by atoms with van der Waals surface area (Å²) in [5, 5.41) is 21.9. The van der Waals surface area contributed by atoms with Crippen LogP contribution in [0.2, 0.25) is 0 Å². The summed E-state index contributed by atoms with van der Waals surface area (Å²) in [6, 6.07) is 9.45. The van der Waals surface area contributed by atoms with Crippen LogP contribution < -0.4 is 4.90 Å². The number of nitriles is 1. The second-order valence-electron chi connectivity index (χ2n) is 5.19. The zero-order valence-electron chi connectivity index (χ0n) is 11.8. The van der Waals surface area contributed by atoms with Crippen molar-refractivity contribution in [1.29, 1.82) is 5.26 Å². The highest BCUT2D eigenvalue weighted by molar-refractivity contribution is 5.70. The molecule has 2 aromatic rings. The fourth-order valence-electron chi connectivity index (χ4n) is 2.51. The van der Waals surface area contributed by atoms with Gasteiger partial charge in [-0.2, -0.15) is 10.2 Å². The van der Waals surface area contributed by atoms with Crippen molar-refractivity contribution in [3.05, 3.63) is 29.8 Å². The van der Waals surface area contributed by atoms with E-state index >= 15 is 0 Å². The third-order valence-corrected chi connectivity index (χ3v) is 3.78. The number of piperidine rings is 1. The normalized spacial score (nSPS) is 15.5. The summed E-state index contributed by atoms with van der Waals surface area (Å²) in [6.07, 6.45) is 1.13. The Morgan fingerprint density at radius 3 is 2.86 bits per heavy atom. The van der Waals surface area contributed by atoms with Gasteiger partial charge in [-0.1, -0.05) is 17.3 Å². The predicted octanol–water partition coefficient (Wildman–Crippen LogP) is 1.91. The molecule has 0 atom stereocenters. The summed E-state index contributed by atoms with van der Waals surface area (Å²) in [6.45, 7) is 1.16. The number of carboxylic acid groups (broad SMARTS) is 1. The van der Waals surface area contributed by atoms with Crippen LogP contribution in [0.1, 0.15) is 18.4 Å². The molecule has 1 fully saturated rings. The van der Waals surface area contributed by atoms with Gasteiger partial charge in [0.25, 0.3) is 0 Å². The Hall–Kier alpha value is -2.88. The maximum atomic E-state index is 11.0. The SMILES string of the molecule is N#Cc1cccc(-c2noc(N3CCC(C(=O)O)CC3)n2)c1. The first-order valence-electron chi connectivity index (χ1n) is 6.99. The molecule has 1 aliphatic rings. The van der Waals surface area contributed by atoms with Crippen LogP contribution >= 0.6 is 0 Å². The molecule has 22 heavy (non-hydrogen) atoms. The van der Waals surface area contributed by atoms with Crippen molar-refractivity contribution in [1.82, 2.24) is 10.1 Å². The Kier molecular flexibility index (Phi) is 3.74. The number of aliphatic carboxylic acids is 1. The molecule has 0 radical (unpaired) electrons. The van der Waals surface area contributed by atoms with Crippen molar-refractivity contribution in [2.75, 3.05) is 18.0 Å². The number of rotatable bonds is 3. The minimum Gasteiger partial charge on any atom is -0.481 e. The van der Waals surface area contributed by atoms with Crippen LogP contribution in [0, 0.1) is 17.2 Å².